The van der Waals surface area contributed by atoms with Crippen LogP contribution < -0.4 is 15.5 Å². The smallest absolute Gasteiger partial charge is 0.229 e. The number of benzene rings is 1. The molecule has 1 atom stereocenters. The highest BCUT2D eigenvalue weighted by molar-refractivity contribution is 7.80. The van der Waals surface area contributed by atoms with Crippen LogP contribution >= 0.6 is 23.8 Å². The SMILES string of the molecule is Cc1cc(C)nc(N/C(=N/C(=S)NCC2CCCO2)N2CCN(c3cccc(Cl)c3)CC2)n1. The predicted octanol–water partition coefficient (Wildman–Crippen LogP) is 3.39. The van der Waals surface area contributed by atoms with E-state index in [-0.39, 0.29) is 6.10 Å². The summed E-state index contributed by atoms with van der Waals surface area (Å²) in [5.74, 6) is 1.17. The summed E-state index contributed by atoms with van der Waals surface area (Å²) in [5, 5.41) is 7.71. The molecule has 1 unspecified atom stereocenters. The number of halogens is 1. The molecule has 2 aliphatic heterocycles. The van der Waals surface area contributed by atoms with E-state index in [2.05, 4.69) is 36.5 Å². The van der Waals surface area contributed by atoms with Crippen LogP contribution in [0.25, 0.3) is 0 Å². The van der Waals surface area contributed by atoms with E-state index in [1.807, 2.05) is 38.1 Å². The molecular weight excluding hydrogens is 458 g/mol. The number of piperazine rings is 1. The van der Waals surface area contributed by atoms with Crippen molar-refractivity contribution < 1.29 is 4.74 Å². The topological polar surface area (TPSA) is 77.9 Å². The summed E-state index contributed by atoms with van der Waals surface area (Å²) in [6.07, 6.45) is 2.33. The number of nitrogens with zero attached hydrogens (tertiary/aromatic N) is 5. The molecule has 0 bridgehead atoms. The number of anilines is 2. The molecule has 176 valence electrons. The highest BCUT2D eigenvalue weighted by Gasteiger charge is 2.22. The summed E-state index contributed by atoms with van der Waals surface area (Å²) >= 11 is 11.7. The summed E-state index contributed by atoms with van der Waals surface area (Å²) < 4.78 is 5.68. The lowest BCUT2D eigenvalue weighted by molar-refractivity contribution is 0.114. The Labute approximate surface area is 205 Å². The number of aromatic nitrogens is 2. The Hall–Kier alpha value is -2.49. The van der Waals surface area contributed by atoms with E-state index < -0.39 is 0 Å². The molecule has 3 heterocycles. The van der Waals surface area contributed by atoms with Gasteiger partial charge < -0.3 is 19.9 Å². The molecule has 2 fully saturated rings. The van der Waals surface area contributed by atoms with Crippen molar-refractivity contribution >= 4 is 46.5 Å². The van der Waals surface area contributed by atoms with Gasteiger partial charge in [0, 0.05) is 61.4 Å². The number of guanidine groups is 1. The standard InChI is InChI=1S/C23H30ClN7OS/c1-16-13-17(2)27-21(26-16)28-22(29-23(33)25-15-20-7-4-12-32-20)31-10-8-30(9-11-31)19-6-3-5-18(24)14-19/h3,5-6,13-14,20H,4,7-12,15H2,1-2H3,(H2,25,26,27,28,29,33). The Kier molecular flexibility index (Phi) is 7.95. The third-order valence-electron chi connectivity index (χ3n) is 5.67. The second-order valence-electron chi connectivity index (χ2n) is 8.31. The molecule has 10 heteroatoms. The first kappa shape index (κ1) is 23.7. The summed E-state index contributed by atoms with van der Waals surface area (Å²) in [6.45, 7) is 8.61. The summed E-state index contributed by atoms with van der Waals surface area (Å²) in [6, 6.07) is 9.90. The van der Waals surface area contributed by atoms with Gasteiger partial charge >= 0.3 is 0 Å². The van der Waals surface area contributed by atoms with Gasteiger partial charge in [0.25, 0.3) is 0 Å². The molecule has 0 aliphatic carbocycles. The van der Waals surface area contributed by atoms with Crippen LogP contribution in [0.3, 0.4) is 0 Å². The number of ether oxygens (including phenoxy) is 1. The first-order valence-electron chi connectivity index (χ1n) is 11.3. The zero-order valence-corrected chi connectivity index (χ0v) is 20.6. The van der Waals surface area contributed by atoms with Crippen LogP contribution in [-0.2, 0) is 4.74 Å². The fraction of sp³-hybridized carbons (Fsp3) is 0.478. The van der Waals surface area contributed by atoms with Crippen molar-refractivity contribution in [1.82, 2.24) is 20.2 Å². The van der Waals surface area contributed by atoms with Gasteiger partial charge in [-0.05, 0) is 63.2 Å². The maximum Gasteiger partial charge on any atom is 0.229 e. The molecule has 2 N–H and O–H groups in total. The fourth-order valence-electron chi connectivity index (χ4n) is 4.05. The number of aryl methyl sites for hydroxylation is 2. The number of thiocarbonyl (C=S) groups is 1. The van der Waals surface area contributed by atoms with E-state index in [1.54, 1.807) is 0 Å². The molecule has 2 aromatic rings. The lowest BCUT2D eigenvalue weighted by Crippen LogP contribution is -2.51. The monoisotopic (exact) mass is 487 g/mol. The van der Waals surface area contributed by atoms with Crippen LogP contribution in [0.5, 0.6) is 0 Å². The molecular formula is C23H30ClN7OS. The van der Waals surface area contributed by atoms with Crippen molar-refractivity contribution in [3.63, 3.8) is 0 Å². The van der Waals surface area contributed by atoms with E-state index >= 15 is 0 Å². The van der Waals surface area contributed by atoms with Crippen molar-refractivity contribution in [3.05, 3.63) is 46.7 Å². The normalized spacial score (nSPS) is 19.0. The number of hydrogen-bond donors (Lipinski definition) is 2. The van der Waals surface area contributed by atoms with Gasteiger partial charge in [0.2, 0.25) is 11.9 Å². The maximum absolute atomic E-state index is 6.18. The van der Waals surface area contributed by atoms with Gasteiger partial charge in [-0.1, -0.05) is 17.7 Å². The molecule has 33 heavy (non-hydrogen) atoms. The molecule has 0 radical (unpaired) electrons. The number of hydrogen-bond acceptors (Lipinski definition) is 5. The van der Waals surface area contributed by atoms with Gasteiger partial charge in [0.1, 0.15) is 0 Å². The van der Waals surface area contributed by atoms with Gasteiger partial charge in [-0.15, -0.1) is 0 Å². The second-order valence-corrected chi connectivity index (χ2v) is 9.13. The minimum absolute atomic E-state index is 0.193. The molecule has 8 nitrogen and oxygen atoms in total. The van der Waals surface area contributed by atoms with Crippen molar-refractivity contribution in [3.8, 4) is 0 Å². The van der Waals surface area contributed by atoms with E-state index in [0.29, 0.717) is 23.6 Å². The van der Waals surface area contributed by atoms with Gasteiger partial charge in [0.15, 0.2) is 5.11 Å². The van der Waals surface area contributed by atoms with E-state index in [9.17, 15) is 0 Å². The number of rotatable bonds is 4. The summed E-state index contributed by atoms with van der Waals surface area (Å²) in [5.41, 5.74) is 2.92. The van der Waals surface area contributed by atoms with E-state index in [4.69, 9.17) is 33.5 Å². The largest absolute Gasteiger partial charge is 0.376 e. The lowest BCUT2D eigenvalue weighted by Gasteiger charge is -2.37. The summed E-state index contributed by atoms with van der Waals surface area (Å²) in [4.78, 5) is 18.2. The highest BCUT2D eigenvalue weighted by atomic mass is 35.5. The van der Waals surface area contributed by atoms with Crippen LogP contribution in [0.1, 0.15) is 24.2 Å². The van der Waals surface area contributed by atoms with Crippen LogP contribution in [0.15, 0.2) is 35.3 Å². The Balaban J connectivity index is 1.46. The molecule has 4 rings (SSSR count). The maximum atomic E-state index is 6.18. The molecule has 2 saturated heterocycles. The quantitative estimate of drug-likeness (QED) is 0.386. The molecule has 1 aromatic heterocycles. The van der Waals surface area contributed by atoms with E-state index in [0.717, 1.165) is 67.7 Å². The minimum atomic E-state index is 0.193. The Morgan fingerprint density at radius 2 is 1.94 bits per heavy atom. The Morgan fingerprint density at radius 3 is 2.61 bits per heavy atom. The van der Waals surface area contributed by atoms with Gasteiger partial charge in [0.05, 0.1) is 6.10 Å². The molecule has 0 saturated carbocycles. The minimum Gasteiger partial charge on any atom is -0.376 e. The molecule has 0 spiro atoms. The van der Waals surface area contributed by atoms with Crippen molar-refractivity contribution in [2.45, 2.75) is 32.8 Å². The van der Waals surface area contributed by atoms with Crippen molar-refractivity contribution in [2.75, 3.05) is 49.5 Å². The van der Waals surface area contributed by atoms with Gasteiger partial charge in [-0.2, -0.15) is 4.99 Å². The molecule has 1 aromatic carbocycles. The number of aliphatic imine (C=N–C) groups is 1. The zero-order chi connectivity index (χ0) is 23.2. The molecule has 0 amide bonds. The summed E-state index contributed by atoms with van der Waals surface area (Å²) in [7, 11) is 0. The van der Waals surface area contributed by atoms with Gasteiger partial charge in [-0.3, -0.25) is 5.32 Å². The number of nitrogens with one attached hydrogen (secondary N) is 2. The van der Waals surface area contributed by atoms with Crippen molar-refractivity contribution in [1.29, 1.82) is 0 Å². The van der Waals surface area contributed by atoms with Crippen LogP contribution in [-0.4, -0.2) is 71.4 Å². The van der Waals surface area contributed by atoms with Gasteiger partial charge in [-0.25, -0.2) is 9.97 Å². The third kappa shape index (κ3) is 6.75. The van der Waals surface area contributed by atoms with Crippen LogP contribution in [0.4, 0.5) is 11.6 Å². The first-order chi connectivity index (χ1) is 16.0. The van der Waals surface area contributed by atoms with Crippen molar-refractivity contribution in [2.24, 2.45) is 4.99 Å². The Morgan fingerprint density at radius 1 is 1.18 bits per heavy atom. The fourth-order valence-corrected chi connectivity index (χ4v) is 4.41. The average Bonchev–Trinajstić information content (AvgIpc) is 3.31. The third-order valence-corrected chi connectivity index (χ3v) is 6.14. The van der Waals surface area contributed by atoms with Crippen LogP contribution in [0.2, 0.25) is 5.02 Å². The second kappa shape index (κ2) is 11.1. The van der Waals surface area contributed by atoms with Crippen LogP contribution in [0, 0.1) is 13.8 Å². The predicted molar refractivity (Wildman–Crippen MR) is 137 cm³/mol. The molecule has 2 aliphatic rings. The first-order valence-corrected chi connectivity index (χ1v) is 12.1. The lowest BCUT2D eigenvalue weighted by atomic mass is 10.2. The zero-order valence-electron chi connectivity index (χ0n) is 19.1. The average molecular weight is 488 g/mol. The van der Waals surface area contributed by atoms with E-state index in [1.165, 1.54) is 0 Å². The Bertz CT molecular complexity index is 984. The highest BCUT2D eigenvalue weighted by Crippen LogP contribution is 2.21.